The Hall–Kier alpha value is -0.470. The summed E-state index contributed by atoms with van der Waals surface area (Å²) in [4.78, 5) is 0. The van der Waals surface area contributed by atoms with Crippen molar-refractivity contribution < 1.29 is 0 Å². The Bertz CT molecular complexity index is 421. The molecule has 0 aromatic carbocycles. The van der Waals surface area contributed by atoms with E-state index in [0.29, 0.717) is 0 Å². The molecule has 0 radical (unpaired) electrons. The first-order chi connectivity index (χ1) is 7.58. The molecule has 1 heterocycles. The van der Waals surface area contributed by atoms with E-state index in [1.165, 1.54) is 12.0 Å². The lowest BCUT2D eigenvalue weighted by atomic mass is 9.94. The van der Waals surface area contributed by atoms with Gasteiger partial charge in [0, 0.05) is 12.6 Å². The molecule has 0 N–H and O–H groups in total. The van der Waals surface area contributed by atoms with Gasteiger partial charge in [0.05, 0.1) is 11.1 Å². The Balaban J connectivity index is 2.20. The number of hydrogen-bond donors (Lipinski definition) is 0. The highest BCUT2D eigenvalue weighted by Crippen LogP contribution is 2.28. The third-order valence-electron chi connectivity index (χ3n) is 3.07. The van der Waals surface area contributed by atoms with Gasteiger partial charge in [-0.25, -0.2) is 0 Å². The van der Waals surface area contributed by atoms with E-state index >= 15 is 0 Å². The van der Waals surface area contributed by atoms with E-state index < -0.39 is 0 Å². The number of nitrogens with zero attached hydrogens (tertiary/aromatic N) is 2. The molecule has 0 saturated carbocycles. The second-order valence-corrected chi connectivity index (χ2v) is 5.31. The highest BCUT2D eigenvalue weighted by Gasteiger charge is 2.16. The van der Waals surface area contributed by atoms with Crippen LogP contribution in [0.2, 0.25) is 5.15 Å². The molecule has 1 aliphatic rings. The minimum Gasteiger partial charge on any atom is -0.257 e. The minimum absolute atomic E-state index is 0.194. The highest BCUT2D eigenvalue weighted by atomic mass is 35.5. The molecule has 1 aliphatic carbocycles. The molecule has 0 bridgehead atoms. The fourth-order valence-corrected chi connectivity index (χ4v) is 2.77. The molecule has 1 atom stereocenters. The van der Waals surface area contributed by atoms with Gasteiger partial charge in [0.25, 0.3) is 0 Å². The average molecular weight is 259 g/mol. The Morgan fingerprint density at radius 2 is 2.31 bits per heavy atom. The van der Waals surface area contributed by atoms with Crippen LogP contribution in [0.1, 0.15) is 30.5 Å². The van der Waals surface area contributed by atoms with Gasteiger partial charge in [0.1, 0.15) is 5.15 Å². The summed E-state index contributed by atoms with van der Waals surface area (Å²) in [7, 11) is 1.87. The molecule has 2 rings (SSSR count). The maximum Gasteiger partial charge on any atom is 0.130 e. The van der Waals surface area contributed by atoms with Gasteiger partial charge >= 0.3 is 0 Å². The Labute approximate surface area is 106 Å². The van der Waals surface area contributed by atoms with Crippen LogP contribution in [0, 0.1) is 6.92 Å². The summed E-state index contributed by atoms with van der Waals surface area (Å²) in [5.41, 5.74) is 3.55. The zero-order valence-electron chi connectivity index (χ0n) is 9.63. The van der Waals surface area contributed by atoms with Gasteiger partial charge < -0.3 is 0 Å². The van der Waals surface area contributed by atoms with Gasteiger partial charge in [-0.2, -0.15) is 5.10 Å². The normalized spacial score (nSPS) is 21.0. The number of halogens is 2. The predicted molar refractivity (Wildman–Crippen MR) is 68.2 cm³/mol. The predicted octanol–water partition coefficient (Wildman–Crippen LogP) is 3.64. The molecule has 0 saturated heterocycles. The van der Waals surface area contributed by atoms with Crippen LogP contribution in [-0.2, 0) is 13.5 Å². The standard InChI is InChI=1S/C12H16Cl2N2/c1-8-11(12(14)16(2)15-8)7-9-4-3-5-10(13)6-9/h6,10H,3-5,7H2,1-2H3. The Morgan fingerprint density at radius 1 is 1.56 bits per heavy atom. The monoisotopic (exact) mass is 258 g/mol. The summed E-state index contributed by atoms with van der Waals surface area (Å²) in [6.45, 7) is 2.00. The quantitative estimate of drug-likeness (QED) is 0.585. The maximum atomic E-state index is 6.21. The van der Waals surface area contributed by atoms with E-state index in [1.807, 2.05) is 14.0 Å². The second-order valence-electron chi connectivity index (χ2n) is 4.39. The maximum absolute atomic E-state index is 6.21. The third kappa shape index (κ3) is 2.44. The number of rotatable bonds is 2. The molecule has 4 heteroatoms. The number of allylic oxidation sites excluding steroid dienone is 2. The molecular formula is C12H16Cl2N2. The van der Waals surface area contributed by atoms with E-state index in [-0.39, 0.29) is 5.38 Å². The van der Waals surface area contributed by atoms with Crippen LogP contribution in [0.15, 0.2) is 11.6 Å². The first kappa shape index (κ1) is 12.0. The van der Waals surface area contributed by atoms with Gasteiger partial charge in [-0.15, -0.1) is 11.6 Å². The zero-order chi connectivity index (χ0) is 11.7. The number of aryl methyl sites for hydroxylation is 2. The average Bonchev–Trinajstić information content (AvgIpc) is 2.45. The van der Waals surface area contributed by atoms with Crippen molar-refractivity contribution in [3.05, 3.63) is 28.1 Å². The number of aromatic nitrogens is 2. The van der Waals surface area contributed by atoms with Crippen molar-refractivity contribution in [1.29, 1.82) is 0 Å². The zero-order valence-corrected chi connectivity index (χ0v) is 11.1. The fourth-order valence-electron chi connectivity index (χ4n) is 2.20. The van der Waals surface area contributed by atoms with Crippen molar-refractivity contribution in [3.63, 3.8) is 0 Å². The van der Waals surface area contributed by atoms with Crippen molar-refractivity contribution in [2.24, 2.45) is 7.05 Å². The van der Waals surface area contributed by atoms with Crippen molar-refractivity contribution in [2.45, 2.75) is 38.0 Å². The van der Waals surface area contributed by atoms with Crippen LogP contribution in [0.4, 0.5) is 0 Å². The SMILES string of the molecule is Cc1nn(C)c(Cl)c1CC1=CC(Cl)CCC1. The van der Waals surface area contributed by atoms with Crippen molar-refractivity contribution >= 4 is 23.2 Å². The molecule has 0 aliphatic heterocycles. The first-order valence-corrected chi connectivity index (χ1v) is 6.41. The summed E-state index contributed by atoms with van der Waals surface area (Å²) in [5, 5.41) is 5.26. The lowest BCUT2D eigenvalue weighted by molar-refractivity contribution is 0.693. The van der Waals surface area contributed by atoms with E-state index in [1.54, 1.807) is 4.68 Å². The molecule has 1 aromatic heterocycles. The fraction of sp³-hybridized carbons (Fsp3) is 0.583. The van der Waals surface area contributed by atoms with Gasteiger partial charge in [0.15, 0.2) is 0 Å². The lowest BCUT2D eigenvalue weighted by Gasteiger charge is -2.16. The minimum atomic E-state index is 0.194. The van der Waals surface area contributed by atoms with Gasteiger partial charge in [-0.1, -0.05) is 23.3 Å². The van der Waals surface area contributed by atoms with Crippen LogP contribution >= 0.6 is 23.2 Å². The Morgan fingerprint density at radius 3 is 2.88 bits per heavy atom. The molecule has 88 valence electrons. The van der Waals surface area contributed by atoms with Crippen LogP contribution < -0.4 is 0 Å². The van der Waals surface area contributed by atoms with Crippen LogP contribution in [-0.4, -0.2) is 15.2 Å². The lowest BCUT2D eigenvalue weighted by Crippen LogP contribution is -2.05. The summed E-state index contributed by atoms with van der Waals surface area (Å²) in [6.07, 6.45) is 6.46. The second kappa shape index (κ2) is 4.80. The van der Waals surface area contributed by atoms with Crippen molar-refractivity contribution in [1.82, 2.24) is 9.78 Å². The first-order valence-electron chi connectivity index (χ1n) is 5.59. The smallest absolute Gasteiger partial charge is 0.130 e. The topological polar surface area (TPSA) is 17.8 Å². The van der Waals surface area contributed by atoms with Crippen LogP contribution in [0.25, 0.3) is 0 Å². The number of alkyl halides is 1. The van der Waals surface area contributed by atoms with Crippen molar-refractivity contribution in [3.8, 4) is 0 Å². The molecule has 0 spiro atoms. The molecular weight excluding hydrogens is 243 g/mol. The largest absolute Gasteiger partial charge is 0.257 e. The van der Waals surface area contributed by atoms with Crippen LogP contribution in [0.5, 0.6) is 0 Å². The molecule has 1 unspecified atom stereocenters. The molecule has 0 fully saturated rings. The summed E-state index contributed by atoms with van der Waals surface area (Å²) in [6, 6.07) is 0. The van der Waals surface area contributed by atoms with E-state index in [0.717, 1.165) is 35.7 Å². The van der Waals surface area contributed by atoms with Gasteiger partial charge in [-0.3, -0.25) is 4.68 Å². The van der Waals surface area contributed by atoms with Crippen molar-refractivity contribution in [2.75, 3.05) is 0 Å². The van der Waals surface area contributed by atoms with Gasteiger partial charge in [-0.05, 0) is 32.6 Å². The number of hydrogen-bond acceptors (Lipinski definition) is 1. The summed E-state index contributed by atoms with van der Waals surface area (Å²) < 4.78 is 1.73. The third-order valence-corrected chi connectivity index (χ3v) is 3.88. The molecule has 2 nitrogen and oxygen atoms in total. The highest BCUT2D eigenvalue weighted by molar-refractivity contribution is 6.30. The van der Waals surface area contributed by atoms with E-state index in [4.69, 9.17) is 23.2 Å². The summed E-state index contributed by atoms with van der Waals surface area (Å²) >= 11 is 12.3. The molecule has 16 heavy (non-hydrogen) atoms. The van der Waals surface area contributed by atoms with E-state index in [2.05, 4.69) is 11.2 Å². The Kier molecular flexibility index (Phi) is 3.60. The van der Waals surface area contributed by atoms with E-state index in [9.17, 15) is 0 Å². The summed E-state index contributed by atoms with van der Waals surface area (Å²) in [5.74, 6) is 0. The molecule has 1 aromatic rings. The van der Waals surface area contributed by atoms with Crippen LogP contribution in [0.3, 0.4) is 0 Å². The molecule has 0 amide bonds. The van der Waals surface area contributed by atoms with Gasteiger partial charge in [0.2, 0.25) is 0 Å².